The average Bonchev–Trinajstić information content (AvgIpc) is 2.39. The third-order valence-electron chi connectivity index (χ3n) is 4.10. The van der Waals surface area contributed by atoms with E-state index >= 15 is 0 Å². The fraction of sp³-hybridized carbons (Fsp3) is 0.600. The van der Waals surface area contributed by atoms with E-state index in [1.807, 2.05) is 6.92 Å². The standard InChI is InChI=1S/C15H23N3O/c1-2-19-15-5-3-13(4-6-15)17-7-9-18(10-8-17)14-11-16-12-14/h3-6,14,16H,2,7-12H2,1H3. The number of nitrogens with one attached hydrogen (secondary N) is 1. The molecule has 2 saturated heterocycles. The minimum atomic E-state index is 0.730. The first-order chi connectivity index (χ1) is 9.36. The third kappa shape index (κ3) is 2.85. The summed E-state index contributed by atoms with van der Waals surface area (Å²) in [6.45, 7) is 9.70. The van der Waals surface area contributed by atoms with Crippen molar-refractivity contribution < 1.29 is 4.74 Å². The van der Waals surface area contributed by atoms with Crippen LogP contribution in [0.5, 0.6) is 5.75 Å². The van der Waals surface area contributed by atoms with Gasteiger partial charge in [-0.1, -0.05) is 0 Å². The molecule has 104 valence electrons. The van der Waals surface area contributed by atoms with E-state index in [-0.39, 0.29) is 0 Å². The molecule has 0 saturated carbocycles. The second-order valence-electron chi connectivity index (χ2n) is 5.26. The van der Waals surface area contributed by atoms with Gasteiger partial charge in [-0.05, 0) is 31.2 Å². The zero-order valence-electron chi connectivity index (χ0n) is 11.6. The molecule has 2 heterocycles. The molecule has 19 heavy (non-hydrogen) atoms. The molecule has 2 aliphatic heterocycles. The molecule has 2 fully saturated rings. The molecule has 3 rings (SSSR count). The highest BCUT2D eigenvalue weighted by Gasteiger charge is 2.27. The molecule has 0 atom stereocenters. The number of benzene rings is 1. The van der Waals surface area contributed by atoms with Gasteiger partial charge in [-0.25, -0.2) is 0 Å². The molecule has 4 heteroatoms. The summed E-state index contributed by atoms with van der Waals surface area (Å²) in [5.74, 6) is 0.963. The van der Waals surface area contributed by atoms with Gasteiger partial charge in [-0.2, -0.15) is 0 Å². The van der Waals surface area contributed by atoms with Crippen LogP contribution in [-0.4, -0.2) is 56.8 Å². The Labute approximate surface area is 115 Å². The summed E-state index contributed by atoms with van der Waals surface area (Å²) < 4.78 is 5.49. The molecule has 1 aromatic carbocycles. The van der Waals surface area contributed by atoms with Crippen molar-refractivity contribution in [1.82, 2.24) is 10.2 Å². The number of piperazine rings is 1. The smallest absolute Gasteiger partial charge is 0.119 e. The summed E-state index contributed by atoms with van der Waals surface area (Å²) in [6, 6.07) is 9.27. The summed E-state index contributed by atoms with van der Waals surface area (Å²) in [4.78, 5) is 5.08. The molecule has 0 unspecified atom stereocenters. The maximum Gasteiger partial charge on any atom is 0.119 e. The Kier molecular flexibility index (Phi) is 3.89. The fourth-order valence-corrected chi connectivity index (χ4v) is 2.80. The van der Waals surface area contributed by atoms with E-state index < -0.39 is 0 Å². The number of hydrogen-bond acceptors (Lipinski definition) is 4. The molecule has 1 N–H and O–H groups in total. The van der Waals surface area contributed by atoms with Gasteiger partial charge in [0, 0.05) is 51.0 Å². The molecule has 2 aliphatic rings. The molecule has 0 spiro atoms. The van der Waals surface area contributed by atoms with Gasteiger partial charge in [0.2, 0.25) is 0 Å². The second-order valence-corrected chi connectivity index (χ2v) is 5.26. The minimum absolute atomic E-state index is 0.730. The Morgan fingerprint density at radius 2 is 1.79 bits per heavy atom. The zero-order valence-corrected chi connectivity index (χ0v) is 11.6. The fourth-order valence-electron chi connectivity index (χ4n) is 2.80. The Morgan fingerprint density at radius 1 is 1.11 bits per heavy atom. The lowest BCUT2D eigenvalue weighted by Crippen LogP contribution is -2.61. The third-order valence-corrected chi connectivity index (χ3v) is 4.10. The monoisotopic (exact) mass is 261 g/mol. The first-order valence-corrected chi connectivity index (χ1v) is 7.29. The predicted octanol–water partition coefficient (Wildman–Crippen LogP) is 1.18. The van der Waals surface area contributed by atoms with E-state index in [9.17, 15) is 0 Å². The van der Waals surface area contributed by atoms with Crippen LogP contribution in [-0.2, 0) is 0 Å². The quantitative estimate of drug-likeness (QED) is 0.881. The summed E-state index contributed by atoms with van der Waals surface area (Å²) in [7, 11) is 0. The van der Waals surface area contributed by atoms with Crippen molar-refractivity contribution in [2.45, 2.75) is 13.0 Å². The van der Waals surface area contributed by atoms with Gasteiger partial charge in [-0.3, -0.25) is 4.90 Å². The van der Waals surface area contributed by atoms with E-state index in [1.54, 1.807) is 0 Å². The maximum absolute atomic E-state index is 5.49. The Bertz CT molecular complexity index is 394. The van der Waals surface area contributed by atoms with Crippen LogP contribution in [0.2, 0.25) is 0 Å². The van der Waals surface area contributed by atoms with Crippen molar-refractivity contribution in [2.24, 2.45) is 0 Å². The lowest BCUT2D eigenvalue weighted by molar-refractivity contribution is 0.138. The predicted molar refractivity (Wildman–Crippen MR) is 78.1 cm³/mol. The van der Waals surface area contributed by atoms with Crippen molar-refractivity contribution in [3.63, 3.8) is 0 Å². The number of rotatable bonds is 4. The maximum atomic E-state index is 5.49. The SMILES string of the molecule is CCOc1ccc(N2CCN(C3CNC3)CC2)cc1. The summed E-state index contributed by atoms with van der Waals surface area (Å²) >= 11 is 0. The van der Waals surface area contributed by atoms with Crippen molar-refractivity contribution in [1.29, 1.82) is 0 Å². The van der Waals surface area contributed by atoms with E-state index in [0.29, 0.717) is 0 Å². The highest BCUT2D eigenvalue weighted by molar-refractivity contribution is 5.49. The second kappa shape index (κ2) is 5.80. The first-order valence-electron chi connectivity index (χ1n) is 7.29. The van der Waals surface area contributed by atoms with E-state index in [0.717, 1.165) is 31.5 Å². The molecular weight excluding hydrogens is 238 g/mol. The topological polar surface area (TPSA) is 27.7 Å². The molecule has 0 aromatic heterocycles. The number of anilines is 1. The normalized spacial score (nSPS) is 21.2. The van der Waals surface area contributed by atoms with Crippen molar-refractivity contribution in [3.05, 3.63) is 24.3 Å². The lowest BCUT2D eigenvalue weighted by atomic mass is 10.1. The van der Waals surface area contributed by atoms with E-state index in [4.69, 9.17) is 4.74 Å². The van der Waals surface area contributed by atoms with Crippen molar-refractivity contribution in [3.8, 4) is 5.75 Å². The summed E-state index contributed by atoms with van der Waals surface area (Å²) in [5.41, 5.74) is 1.31. The van der Waals surface area contributed by atoms with Gasteiger partial charge in [0.05, 0.1) is 6.61 Å². The lowest BCUT2D eigenvalue weighted by Gasteiger charge is -2.43. The van der Waals surface area contributed by atoms with E-state index in [1.165, 1.54) is 31.9 Å². The van der Waals surface area contributed by atoms with Gasteiger partial charge in [0.15, 0.2) is 0 Å². The highest BCUT2D eigenvalue weighted by Crippen LogP contribution is 2.21. The van der Waals surface area contributed by atoms with Crippen LogP contribution < -0.4 is 15.0 Å². The number of ether oxygens (including phenoxy) is 1. The van der Waals surface area contributed by atoms with Crippen LogP contribution in [0.3, 0.4) is 0 Å². The molecule has 0 aliphatic carbocycles. The van der Waals surface area contributed by atoms with Crippen LogP contribution in [0.25, 0.3) is 0 Å². The molecule has 1 aromatic rings. The summed E-state index contributed by atoms with van der Waals surface area (Å²) in [5, 5.41) is 3.35. The van der Waals surface area contributed by atoms with Crippen molar-refractivity contribution >= 4 is 5.69 Å². The number of nitrogens with zero attached hydrogens (tertiary/aromatic N) is 2. The largest absolute Gasteiger partial charge is 0.494 e. The minimum Gasteiger partial charge on any atom is -0.494 e. The van der Waals surface area contributed by atoms with Gasteiger partial charge >= 0.3 is 0 Å². The van der Waals surface area contributed by atoms with Gasteiger partial charge in [0.25, 0.3) is 0 Å². The molecule has 0 bridgehead atoms. The zero-order chi connectivity index (χ0) is 13.1. The van der Waals surface area contributed by atoms with Crippen LogP contribution in [0.1, 0.15) is 6.92 Å². The Hall–Kier alpha value is -1.26. The number of hydrogen-bond donors (Lipinski definition) is 1. The van der Waals surface area contributed by atoms with Crippen LogP contribution >= 0.6 is 0 Å². The summed E-state index contributed by atoms with van der Waals surface area (Å²) in [6.07, 6.45) is 0. The molecule has 4 nitrogen and oxygen atoms in total. The Balaban J connectivity index is 1.55. The van der Waals surface area contributed by atoms with Gasteiger partial charge < -0.3 is 15.0 Å². The van der Waals surface area contributed by atoms with Gasteiger partial charge in [-0.15, -0.1) is 0 Å². The van der Waals surface area contributed by atoms with Crippen LogP contribution in [0, 0.1) is 0 Å². The van der Waals surface area contributed by atoms with Gasteiger partial charge in [0.1, 0.15) is 5.75 Å². The Morgan fingerprint density at radius 3 is 2.32 bits per heavy atom. The average molecular weight is 261 g/mol. The van der Waals surface area contributed by atoms with E-state index in [2.05, 4.69) is 39.4 Å². The van der Waals surface area contributed by atoms with Crippen LogP contribution in [0.4, 0.5) is 5.69 Å². The highest BCUT2D eigenvalue weighted by atomic mass is 16.5. The van der Waals surface area contributed by atoms with Crippen molar-refractivity contribution in [2.75, 3.05) is 50.8 Å². The molecule has 0 amide bonds. The molecular formula is C15H23N3O. The molecule has 0 radical (unpaired) electrons. The first kappa shape index (κ1) is 12.8. The van der Waals surface area contributed by atoms with Crippen LogP contribution in [0.15, 0.2) is 24.3 Å².